The van der Waals surface area contributed by atoms with Crippen LogP contribution in [0.25, 0.3) is 0 Å². The molecule has 1 heterocycles. The van der Waals surface area contributed by atoms with Gasteiger partial charge in [-0.15, -0.1) is 0 Å². The van der Waals surface area contributed by atoms with Gasteiger partial charge in [0.05, 0.1) is 0 Å². The van der Waals surface area contributed by atoms with Crippen LogP contribution in [0.5, 0.6) is 0 Å². The summed E-state index contributed by atoms with van der Waals surface area (Å²) in [6.45, 7) is 4.75. The van der Waals surface area contributed by atoms with Crippen LogP contribution in [-0.4, -0.2) is 29.6 Å². The number of aryl methyl sites for hydroxylation is 1. The second kappa shape index (κ2) is 4.91. The quantitative estimate of drug-likeness (QED) is 0.771. The Balaban J connectivity index is 2.75. The fourth-order valence-electron chi connectivity index (χ4n) is 1.07. The fourth-order valence-corrected chi connectivity index (χ4v) is 1.07. The molecule has 4 nitrogen and oxygen atoms in total. The lowest BCUT2D eigenvalue weighted by molar-refractivity contribution is 0.677. The third-order valence-corrected chi connectivity index (χ3v) is 2.42. The Hall–Kier alpha value is -1.16. The van der Waals surface area contributed by atoms with Crippen molar-refractivity contribution in [3.05, 3.63) is 18.0 Å². The molecule has 14 heavy (non-hydrogen) atoms. The lowest BCUT2D eigenvalue weighted by Gasteiger charge is -2.23. The van der Waals surface area contributed by atoms with Crippen LogP contribution < -0.4 is 10.6 Å². The van der Waals surface area contributed by atoms with Crippen molar-refractivity contribution in [2.45, 2.75) is 26.3 Å². The first kappa shape index (κ1) is 10.9. The predicted molar refractivity (Wildman–Crippen MR) is 58.3 cm³/mol. The summed E-state index contributed by atoms with van der Waals surface area (Å²) in [4.78, 5) is 10.5. The Kier molecular flexibility index (Phi) is 3.83. The largest absolute Gasteiger partial charge is 0.340 e. The van der Waals surface area contributed by atoms with Crippen molar-refractivity contribution >= 4 is 5.95 Å². The van der Waals surface area contributed by atoms with E-state index >= 15 is 0 Å². The van der Waals surface area contributed by atoms with E-state index in [4.69, 9.17) is 5.73 Å². The first-order valence-corrected chi connectivity index (χ1v) is 4.92. The highest BCUT2D eigenvalue weighted by Crippen LogP contribution is 2.07. The second-order valence-corrected chi connectivity index (χ2v) is 3.44. The maximum absolute atomic E-state index is 5.57. The lowest BCUT2D eigenvalue weighted by Crippen LogP contribution is -2.36. The van der Waals surface area contributed by atoms with Crippen LogP contribution in [0.4, 0.5) is 5.95 Å². The van der Waals surface area contributed by atoms with Crippen molar-refractivity contribution in [2.75, 3.05) is 18.5 Å². The number of rotatable bonds is 4. The standard InChI is InChI=1S/C10H18N4/c1-4-9-6-12-10(13-7-9)14(3)8(2)5-11/h6-8H,4-5,11H2,1-3H3. The molecule has 0 aliphatic heterocycles. The van der Waals surface area contributed by atoms with Crippen LogP contribution in [0.2, 0.25) is 0 Å². The molecule has 0 bridgehead atoms. The molecule has 0 aromatic carbocycles. The van der Waals surface area contributed by atoms with Gasteiger partial charge in [0, 0.05) is 32.0 Å². The topological polar surface area (TPSA) is 55.0 Å². The number of nitrogens with zero attached hydrogens (tertiary/aromatic N) is 3. The van der Waals surface area contributed by atoms with E-state index in [2.05, 4.69) is 23.8 Å². The summed E-state index contributed by atoms with van der Waals surface area (Å²) in [7, 11) is 1.96. The molecule has 0 radical (unpaired) electrons. The summed E-state index contributed by atoms with van der Waals surface area (Å²) in [5.41, 5.74) is 6.72. The third kappa shape index (κ3) is 2.42. The molecule has 0 amide bonds. The zero-order chi connectivity index (χ0) is 10.6. The molecule has 0 saturated carbocycles. The van der Waals surface area contributed by atoms with Gasteiger partial charge in [-0.3, -0.25) is 0 Å². The smallest absolute Gasteiger partial charge is 0.225 e. The average molecular weight is 194 g/mol. The molecule has 1 atom stereocenters. The van der Waals surface area contributed by atoms with Gasteiger partial charge in [0.15, 0.2) is 0 Å². The van der Waals surface area contributed by atoms with Crippen molar-refractivity contribution in [2.24, 2.45) is 5.73 Å². The number of likely N-dealkylation sites (N-methyl/N-ethyl adjacent to an activating group) is 1. The summed E-state index contributed by atoms with van der Waals surface area (Å²) in [5.74, 6) is 0.736. The maximum atomic E-state index is 5.57. The second-order valence-electron chi connectivity index (χ2n) is 3.44. The molecular weight excluding hydrogens is 176 g/mol. The van der Waals surface area contributed by atoms with Crippen molar-refractivity contribution in [3.63, 3.8) is 0 Å². The van der Waals surface area contributed by atoms with Crippen molar-refractivity contribution in [1.29, 1.82) is 0 Å². The van der Waals surface area contributed by atoms with E-state index in [1.165, 1.54) is 0 Å². The average Bonchev–Trinajstić information content (AvgIpc) is 2.27. The minimum absolute atomic E-state index is 0.266. The van der Waals surface area contributed by atoms with E-state index in [9.17, 15) is 0 Å². The number of anilines is 1. The number of hydrogen-bond acceptors (Lipinski definition) is 4. The van der Waals surface area contributed by atoms with Gasteiger partial charge in [-0.25, -0.2) is 9.97 Å². The van der Waals surface area contributed by atoms with E-state index in [1.807, 2.05) is 24.3 Å². The third-order valence-electron chi connectivity index (χ3n) is 2.42. The molecule has 2 N–H and O–H groups in total. The molecule has 0 aliphatic carbocycles. The molecule has 0 spiro atoms. The predicted octanol–water partition coefficient (Wildman–Crippen LogP) is 0.822. The van der Waals surface area contributed by atoms with Crippen LogP contribution in [-0.2, 0) is 6.42 Å². The molecule has 0 saturated heterocycles. The van der Waals surface area contributed by atoms with Crippen molar-refractivity contribution in [1.82, 2.24) is 9.97 Å². The normalized spacial score (nSPS) is 12.6. The van der Waals surface area contributed by atoms with Crippen LogP contribution in [0.1, 0.15) is 19.4 Å². The monoisotopic (exact) mass is 194 g/mol. The van der Waals surface area contributed by atoms with Gasteiger partial charge in [-0.05, 0) is 18.9 Å². The zero-order valence-corrected chi connectivity index (χ0v) is 9.07. The molecule has 1 unspecified atom stereocenters. The highest BCUT2D eigenvalue weighted by atomic mass is 15.2. The van der Waals surface area contributed by atoms with Gasteiger partial charge in [0.2, 0.25) is 5.95 Å². The molecular formula is C10H18N4. The minimum Gasteiger partial charge on any atom is -0.340 e. The first-order chi connectivity index (χ1) is 6.69. The lowest BCUT2D eigenvalue weighted by atomic mass is 10.3. The molecule has 4 heteroatoms. The summed E-state index contributed by atoms with van der Waals surface area (Å²) < 4.78 is 0. The van der Waals surface area contributed by atoms with Gasteiger partial charge in [0.1, 0.15) is 0 Å². The van der Waals surface area contributed by atoms with E-state index in [1.54, 1.807) is 0 Å². The Morgan fingerprint density at radius 2 is 2.00 bits per heavy atom. The number of hydrogen-bond donors (Lipinski definition) is 1. The van der Waals surface area contributed by atoms with Gasteiger partial charge >= 0.3 is 0 Å². The fraction of sp³-hybridized carbons (Fsp3) is 0.600. The molecule has 78 valence electrons. The van der Waals surface area contributed by atoms with Gasteiger partial charge in [-0.1, -0.05) is 6.92 Å². The summed E-state index contributed by atoms with van der Waals surface area (Å²) >= 11 is 0. The van der Waals surface area contributed by atoms with Crippen molar-refractivity contribution < 1.29 is 0 Å². The van der Waals surface area contributed by atoms with E-state index in [0.717, 1.165) is 17.9 Å². The SMILES string of the molecule is CCc1cnc(N(C)C(C)CN)nc1. The zero-order valence-electron chi connectivity index (χ0n) is 9.07. The molecule has 1 aromatic heterocycles. The summed E-state index contributed by atoms with van der Waals surface area (Å²) in [5, 5.41) is 0. The Bertz CT molecular complexity index is 270. The van der Waals surface area contributed by atoms with Crippen LogP contribution in [0, 0.1) is 0 Å². The first-order valence-electron chi connectivity index (χ1n) is 4.92. The van der Waals surface area contributed by atoms with E-state index in [0.29, 0.717) is 6.54 Å². The Labute approximate surface area is 85.2 Å². The summed E-state index contributed by atoms with van der Waals surface area (Å²) in [6, 6.07) is 0.266. The number of aromatic nitrogens is 2. The van der Waals surface area contributed by atoms with Gasteiger partial charge in [-0.2, -0.15) is 0 Å². The molecule has 1 aromatic rings. The van der Waals surface area contributed by atoms with Gasteiger partial charge < -0.3 is 10.6 Å². The molecule has 0 aliphatic rings. The van der Waals surface area contributed by atoms with Crippen LogP contribution in [0.3, 0.4) is 0 Å². The Morgan fingerprint density at radius 1 is 1.43 bits per heavy atom. The van der Waals surface area contributed by atoms with E-state index in [-0.39, 0.29) is 6.04 Å². The minimum atomic E-state index is 0.266. The maximum Gasteiger partial charge on any atom is 0.225 e. The van der Waals surface area contributed by atoms with E-state index < -0.39 is 0 Å². The molecule has 1 rings (SSSR count). The van der Waals surface area contributed by atoms with Gasteiger partial charge in [0.25, 0.3) is 0 Å². The van der Waals surface area contributed by atoms with Crippen molar-refractivity contribution in [3.8, 4) is 0 Å². The Morgan fingerprint density at radius 3 is 2.43 bits per heavy atom. The highest BCUT2D eigenvalue weighted by molar-refractivity contribution is 5.29. The number of nitrogens with two attached hydrogens (primary N) is 1. The summed E-state index contributed by atoms with van der Waals surface area (Å²) in [6.07, 6.45) is 4.70. The van der Waals surface area contributed by atoms with Crippen LogP contribution >= 0.6 is 0 Å². The molecule has 0 fully saturated rings. The van der Waals surface area contributed by atoms with Crippen LogP contribution in [0.15, 0.2) is 12.4 Å². The highest BCUT2D eigenvalue weighted by Gasteiger charge is 2.09.